The largest absolute Gasteiger partial charge is 0.468 e. The summed E-state index contributed by atoms with van der Waals surface area (Å²) >= 11 is 0. The number of carbonyl (C=O) groups is 1. The fourth-order valence-corrected chi connectivity index (χ4v) is 2.69. The van der Waals surface area contributed by atoms with Crippen LogP contribution in [-0.4, -0.2) is 5.91 Å². The number of furan rings is 1. The third-order valence-electron chi connectivity index (χ3n) is 4.14. The van der Waals surface area contributed by atoms with Crippen molar-refractivity contribution >= 4 is 11.6 Å². The Morgan fingerprint density at radius 3 is 2.73 bits per heavy atom. The van der Waals surface area contributed by atoms with E-state index in [2.05, 4.69) is 10.6 Å². The Balaban J connectivity index is 1.59. The van der Waals surface area contributed by atoms with E-state index < -0.39 is 0 Å². The minimum Gasteiger partial charge on any atom is -0.468 e. The first-order valence-electron chi connectivity index (χ1n) is 8.51. The van der Waals surface area contributed by atoms with Gasteiger partial charge in [0.15, 0.2) is 0 Å². The summed E-state index contributed by atoms with van der Waals surface area (Å²) in [5, 5.41) is 6.20. The van der Waals surface area contributed by atoms with Crippen LogP contribution in [0.25, 0.3) is 0 Å². The SMILES string of the molecule is C[C@@H](NCc1ccco1)c1cccc(NC(=O)Cc2ccccc2F)c1. The molecule has 0 unspecified atom stereocenters. The maximum Gasteiger partial charge on any atom is 0.228 e. The number of rotatable bonds is 7. The fraction of sp³-hybridized carbons (Fsp3) is 0.190. The van der Waals surface area contributed by atoms with Gasteiger partial charge < -0.3 is 15.1 Å². The van der Waals surface area contributed by atoms with Crippen LogP contribution in [0.5, 0.6) is 0 Å². The summed E-state index contributed by atoms with van der Waals surface area (Å²) in [5.41, 5.74) is 2.12. The molecule has 2 N–H and O–H groups in total. The Morgan fingerprint density at radius 2 is 1.96 bits per heavy atom. The van der Waals surface area contributed by atoms with E-state index in [0.717, 1.165) is 11.3 Å². The van der Waals surface area contributed by atoms with Crippen molar-refractivity contribution in [3.8, 4) is 0 Å². The van der Waals surface area contributed by atoms with Crippen molar-refractivity contribution in [2.45, 2.75) is 25.9 Å². The first-order valence-corrected chi connectivity index (χ1v) is 8.51. The lowest BCUT2D eigenvalue weighted by atomic mass is 10.1. The van der Waals surface area contributed by atoms with E-state index in [1.54, 1.807) is 24.5 Å². The zero-order valence-electron chi connectivity index (χ0n) is 14.5. The molecule has 26 heavy (non-hydrogen) atoms. The minimum atomic E-state index is -0.368. The number of halogens is 1. The van der Waals surface area contributed by atoms with E-state index >= 15 is 0 Å². The number of nitrogens with one attached hydrogen (secondary N) is 2. The Hall–Kier alpha value is -2.92. The molecule has 1 heterocycles. The molecule has 0 saturated carbocycles. The van der Waals surface area contributed by atoms with E-state index in [4.69, 9.17) is 4.42 Å². The van der Waals surface area contributed by atoms with Crippen molar-refractivity contribution in [1.82, 2.24) is 5.32 Å². The van der Waals surface area contributed by atoms with Gasteiger partial charge in [0.25, 0.3) is 0 Å². The van der Waals surface area contributed by atoms with Crippen LogP contribution >= 0.6 is 0 Å². The molecular weight excluding hydrogens is 331 g/mol. The van der Waals surface area contributed by atoms with Gasteiger partial charge in [0.05, 0.1) is 19.2 Å². The van der Waals surface area contributed by atoms with Crippen LogP contribution < -0.4 is 10.6 Å². The van der Waals surface area contributed by atoms with Crippen molar-refractivity contribution in [3.05, 3.63) is 89.6 Å². The molecule has 4 nitrogen and oxygen atoms in total. The fourth-order valence-electron chi connectivity index (χ4n) is 2.69. The summed E-state index contributed by atoms with van der Waals surface area (Å²) < 4.78 is 19.0. The molecule has 1 atom stereocenters. The lowest BCUT2D eigenvalue weighted by Crippen LogP contribution is -2.19. The second-order valence-corrected chi connectivity index (χ2v) is 6.12. The van der Waals surface area contributed by atoms with Gasteiger partial charge in [-0.1, -0.05) is 30.3 Å². The van der Waals surface area contributed by atoms with Crippen LogP contribution in [0.2, 0.25) is 0 Å². The highest BCUT2D eigenvalue weighted by Crippen LogP contribution is 2.18. The Kier molecular flexibility index (Phi) is 5.81. The number of benzene rings is 2. The van der Waals surface area contributed by atoms with Crippen molar-refractivity contribution < 1.29 is 13.6 Å². The summed E-state index contributed by atoms with van der Waals surface area (Å²) in [5.74, 6) is 0.252. The average molecular weight is 352 g/mol. The van der Waals surface area contributed by atoms with E-state index in [-0.39, 0.29) is 24.2 Å². The lowest BCUT2D eigenvalue weighted by molar-refractivity contribution is -0.115. The molecule has 0 aliphatic carbocycles. The van der Waals surface area contributed by atoms with Crippen LogP contribution in [0.1, 0.15) is 29.9 Å². The standard InChI is InChI=1S/C21H21FN2O2/c1-15(23-14-19-9-5-11-26-19)16-7-4-8-18(12-16)24-21(25)13-17-6-2-3-10-20(17)22/h2-12,15,23H,13-14H2,1H3,(H,24,25)/t15-/m1/s1. The molecular formula is C21H21FN2O2. The third-order valence-corrected chi connectivity index (χ3v) is 4.14. The smallest absolute Gasteiger partial charge is 0.228 e. The quantitative estimate of drug-likeness (QED) is 0.660. The number of hydrogen-bond donors (Lipinski definition) is 2. The Bertz CT molecular complexity index is 862. The maximum absolute atomic E-state index is 13.7. The molecule has 3 aromatic rings. The number of amides is 1. The topological polar surface area (TPSA) is 54.3 Å². The van der Waals surface area contributed by atoms with Gasteiger partial charge in [-0.15, -0.1) is 0 Å². The highest BCUT2D eigenvalue weighted by atomic mass is 19.1. The number of hydrogen-bond acceptors (Lipinski definition) is 3. The summed E-state index contributed by atoms with van der Waals surface area (Å²) in [6, 6.07) is 17.8. The average Bonchev–Trinajstić information content (AvgIpc) is 3.15. The summed E-state index contributed by atoms with van der Waals surface area (Å²) in [7, 11) is 0. The van der Waals surface area contributed by atoms with Gasteiger partial charge in [0, 0.05) is 11.7 Å². The van der Waals surface area contributed by atoms with Crippen molar-refractivity contribution in [2.75, 3.05) is 5.32 Å². The summed E-state index contributed by atoms with van der Waals surface area (Å²) in [6.07, 6.45) is 1.65. The van der Waals surface area contributed by atoms with Gasteiger partial charge in [0.1, 0.15) is 11.6 Å². The second-order valence-electron chi connectivity index (χ2n) is 6.12. The van der Waals surface area contributed by atoms with Crippen molar-refractivity contribution in [1.29, 1.82) is 0 Å². The van der Waals surface area contributed by atoms with Crippen molar-refractivity contribution in [3.63, 3.8) is 0 Å². The van der Waals surface area contributed by atoms with E-state index in [9.17, 15) is 9.18 Å². The predicted molar refractivity (Wildman–Crippen MR) is 99.1 cm³/mol. The first kappa shape index (κ1) is 17.9. The molecule has 0 aliphatic heterocycles. The zero-order valence-corrected chi connectivity index (χ0v) is 14.5. The van der Waals surface area contributed by atoms with Gasteiger partial charge in [-0.3, -0.25) is 4.79 Å². The maximum atomic E-state index is 13.7. The van der Waals surface area contributed by atoms with E-state index in [0.29, 0.717) is 17.8 Å². The number of carbonyl (C=O) groups excluding carboxylic acids is 1. The molecule has 0 fully saturated rings. The van der Waals surface area contributed by atoms with Crippen LogP contribution in [0.4, 0.5) is 10.1 Å². The Labute approximate surface area is 152 Å². The van der Waals surface area contributed by atoms with Crippen LogP contribution in [0, 0.1) is 5.82 Å². The monoisotopic (exact) mass is 352 g/mol. The summed E-state index contributed by atoms with van der Waals surface area (Å²) in [6.45, 7) is 2.67. The van der Waals surface area contributed by atoms with Gasteiger partial charge in [-0.25, -0.2) is 4.39 Å². The molecule has 0 saturated heterocycles. The van der Waals surface area contributed by atoms with Crippen LogP contribution in [-0.2, 0) is 17.8 Å². The molecule has 1 aromatic heterocycles. The molecule has 0 spiro atoms. The van der Waals surface area contributed by atoms with Crippen molar-refractivity contribution in [2.24, 2.45) is 0 Å². The molecule has 1 amide bonds. The first-order chi connectivity index (χ1) is 12.6. The van der Waals surface area contributed by atoms with Gasteiger partial charge in [-0.2, -0.15) is 0 Å². The molecule has 2 aromatic carbocycles. The second kappa shape index (κ2) is 8.45. The highest BCUT2D eigenvalue weighted by molar-refractivity contribution is 5.92. The molecule has 134 valence electrons. The third kappa shape index (κ3) is 4.80. The lowest BCUT2D eigenvalue weighted by Gasteiger charge is -2.15. The summed E-state index contributed by atoms with van der Waals surface area (Å²) in [4.78, 5) is 12.2. The normalized spacial score (nSPS) is 11.9. The van der Waals surface area contributed by atoms with E-state index in [1.165, 1.54) is 6.07 Å². The molecule has 5 heteroatoms. The molecule has 3 rings (SSSR count). The van der Waals surface area contributed by atoms with E-state index in [1.807, 2.05) is 43.3 Å². The van der Waals surface area contributed by atoms with Crippen LogP contribution in [0.15, 0.2) is 71.3 Å². The Morgan fingerprint density at radius 1 is 1.12 bits per heavy atom. The molecule has 0 bridgehead atoms. The minimum absolute atomic E-state index is 0.00317. The molecule has 0 aliphatic rings. The number of anilines is 1. The van der Waals surface area contributed by atoms with Crippen LogP contribution in [0.3, 0.4) is 0 Å². The van der Waals surface area contributed by atoms with Gasteiger partial charge >= 0.3 is 0 Å². The molecule has 0 radical (unpaired) electrons. The van der Waals surface area contributed by atoms with Gasteiger partial charge in [0.2, 0.25) is 5.91 Å². The highest BCUT2D eigenvalue weighted by Gasteiger charge is 2.10. The zero-order chi connectivity index (χ0) is 18.4. The van der Waals surface area contributed by atoms with Gasteiger partial charge in [-0.05, 0) is 48.4 Å². The predicted octanol–water partition coefficient (Wildman–Crippen LogP) is 4.45.